The molecule has 2 heterocycles. The normalized spacial score (nSPS) is 19.6. The molecule has 0 aliphatic carbocycles. The number of hydrogen-bond acceptors (Lipinski definition) is 2. The molecular formula is C29H45F6O2PSeTe. The van der Waals surface area contributed by atoms with E-state index in [0.717, 1.165) is 12.8 Å². The van der Waals surface area contributed by atoms with E-state index < -0.39 is 26.8 Å². The fourth-order valence-corrected chi connectivity index (χ4v) is 13.5. The van der Waals surface area contributed by atoms with Gasteiger partial charge in [0.25, 0.3) is 0 Å². The molecule has 0 saturated heterocycles. The SMILES string of the molecule is CC(C)(C)C1=CC(=C/C=C/c2cc(C(C)(C)C)[se+]c(C(C)(C)C)c2)C=C(C(C)(C)C)[Te]1(O)O.F[P-](F)(F)(F)(F)F. The van der Waals surface area contributed by atoms with Crippen LogP contribution in [-0.2, 0) is 10.8 Å². The van der Waals surface area contributed by atoms with Crippen LogP contribution in [0.2, 0.25) is 0 Å². The molecule has 0 bridgehead atoms. The van der Waals surface area contributed by atoms with Gasteiger partial charge in [0.15, 0.2) is 0 Å². The minimum absolute atomic E-state index is 0.165. The van der Waals surface area contributed by atoms with Gasteiger partial charge in [0, 0.05) is 0 Å². The van der Waals surface area contributed by atoms with Crippen LogP contribution in [0.25, 0.3) is 6.08 Å². The van der Waals surface area contributed by atoms with Crippen molar-refractivity contribution in [2.24, 2.45) is 10.8 Å². The molecule has 1 aromatic heterocycles. The molecule has 0 spiro atoms. The van der Waals surface area contributed by atoms with Crippen LogP contribution in [0.5, 0.6) is 0 Å². The van der Waals surface area contributed by atoms with Crippen LogP contribution in [0.4, 0.5) is 25.2 Å². The van der Waals surface area contributed by atoms with Gasteiger partial charge in [0.1, 0.15) is 0 Å². The van der Waals surface area contributed by atoms with Gasteiger partial charge in [-0.15, -0.1) is 0 Å². The second kappa shape index (κ2) is 10.9. The summed E-state index contributed by atoms with van der Waals surface area (Å²) in [5, 5.41) is 0. The molecular weight excluding hydrogens is 732 g/mol. The summed E-state index contributed by atoms with van der Waals surface area (Å²) in [6.45, 7) is 26.2. The Labute approximate surface area is 246 Å². The van der Waals surface area contributed by atoms with Crippen molar-refractivity contribution in [3.8, 4) is 0 Å². The first-order chi connectivity index (χ1) is 17.1. The maximum atomic E-state index is 11.3. The summed E-state index contributed by atoms with van der Waals surface area (Å²) < 4.78 is 86.4. The fraction of sp³-hybridized carbons (Fsp3) is 0.552. The molecule has 0 unspecified atom stereocenters. The van der Waals surface area contributed by atoms with Gasteiger partial charge in [-0.3, -0.25) is 0 Å². The van der Waals surface area contributed by atoms with Crippen LogP contribution >= 0.6 is 7.81 Å². The summed E-state index contributed by atoms with van der Waals surface area (Å²) in [6, 6.07) is 4.72. The summed E-state index contributed by atoms with van der Waals surface area (Å²) >= 11 is -3.91. The Morgan fingerprint density at radius 3 is 1.25 bits per heavy atom. The average Bonchev–Trinajstić information content (AvgIpc) is 2.62. The van der Waals surface area contributed by atoms with Gasteiger partial charge in [-0.05, 0) is 0 Å². The van der Waals surface area contributed by atoms with Gasteiger partial charge in [0.2, 0.25) is 0 Å². The van der Waals surface area contributed by atoms with E-state index in [0.29, 0.717) is 14.5 Å². The molecule has 0 radical (unpaired) electrons. The third kappa shape index (κ3) is 13.2. The van der Waals surface area contributed by atoms with Crippen LogP contribution in [0, 0.1) is 10.8 Å². The summed E-state index contributed by atoms with van der Waals surface area (Å²) in [5.41, 5.74) is 2.03. The van der Waals surface area contributed by atoms with E-state index >= 15 is 0 Å². The summed E-state index contributed by atoms with van der Waals surface area (Å²) in [5.74, 6) is 0. The predicted molar refractivity (Wildman–Crippen MR) is 161 cm³/mol. The molecule has 0 atom stereocenters. The van der Waals surface area contributed by atoms with Gasteiger partial charge in [0.05, 0.1) is 0 Å². The molecule has 0 fully saturated rings. The van der Waals surface area contributed by atoms with Crippen molar-refractivity contribution in [3.05, 3.63) is 63.7 Å². The van der Waals surface area contributed by atoms with E-state index in [1.807, 2.05) is 12.2 Å². The minimum atomic E-state index is -10.7. The second-order valence-electron chi connectivity index (χ2n) is 14.2. The maximum absolute atomic E-state index is 11.3. The Balaban J connectivity index is 0.00000101. The molecule has 1 aliphatic rings. The molecule has 0 saturated carbocycles. The number of allylic oxidation sites excluding steroid dienone is 7. The topological polar surface area (TPSA) is 40.5 Å². The molecule has 232 valence electrons. The molecule has 2 N–H and O–H groups in total. The monoisotopic (exact) mass is 780 g/mol. The Kier molecular flexibility index (Phi) is 10.3. The van der Waals surface area contributed by atoms with Crippen molar-refractivity contribution in [3.63, 3.8) is 0 Å². The molecule has 0 aromatic carbocycles. The molecule has 0 amide bonds. The fourth-order valence-electron chi connectivity index (χ4n) is 3.64. The quantitative estimate of drug-likeness (QED) is 0.178. The zero-order valence-corrected chi connectivity index (χ0v) is 30.4. The van der Waals surface area contributed by atoms with Crippen molar-refractivity contribution >= 4 is 47.4 Å². The first-order valence-electron chi connectivity index (χ1n) is 12.7. The van der Waals surface area contributed by atoms with E-state index in [1.54, 1.807) is 0 Å². The Morgan fingerprint density at radius 2 is 0.975 bits per heavy atom. The van der Waals surface area contributed by atoms with E-state index in [2.05, 4.69) is 113 Å². The first-order valence-corrected chi connectivity index (χ1v) is 20.9. The van der Waals surface area contributed by atoms with E-state index in [1.165, 1.54) is 14.4 Å². The van der Waals surface area contributed by atoms with E-state index in [-0.39, 0.29) is 21.7 Å². The average molecular weight is 777 g/mol. The molecule has 1 aliphatic heterocycles. The summed E-state index contributed by atoms with van der Waals surface area (Å²) in [6.07, 6.45) is 10.4. The van der Waals surface area contributed by atoms with Gasteiger partial charge in [-0.25, -0.2) is 0 Å². The molecule has 2 nitrogen and oxygen atoms in total. The zero-order chi connectivity index (χ0) is 32.0. The molecule has 40 heavy (non-hydrogen) atoms. The van der Waals surface area contributed by atoms with Crippen molar-refractivity contribution in [1.82, 2.24) is 0 Å². The third-order valence-corrected chi connectivity index (χ3v) is 17.2. The zero-order valence-electron chi connectivity index (χ0n) is 25.5. The first kappa shape index (κ1) is 37.6. The van der Waals surface area contributed by atoms with Crippen molar-refractivity contribution in [2.75, 3.05) is 0 Å². The van der Waals surface area contributed by atoms with Crippen molar-refractivity contribution in [2.45, 2.75) is 93.9 Å². The Morgan fingerprint density at radius 1 is 0.650 bits per heavy atom. The Hall–Kier alpha value is -0.451. The van der Waals surface area contributed by atoms with Crippen LogP contribution in [-0.4, -0.2) is 40.4 Å². The molecule has 2 rings (SSSR count). The van der Waals surface area contributed by atoms with Gasteiger partial charge in [-0.2, -0.15) is 0 Å². The molecule has 11 heteroatoms. The summed E-state index contributed by atoms with van der Waals surface area (Å²) in [4.78, 5) is 0. The van der Waals surface area contributed by atoms with Gasteiger partial charge in [-0.1, -0.05) is 0 Å². The van der Waals surface area contributed by atoms with Gasteiger partial charge < -0.3 is 0 Å². The Bertz CT molecular complexity index is 1150. The van der Waals surface area contributed by atoms with Crippen LogP contribution in [0.3, 0.4) is 0 Å². The number of rotatable bonds is 2. The van der Waals surface area contributed by atoms with Crippen LogP contribution in [0.15, 0.2) is 49.3 Å². The van der Waals surface area contributed by atoms with E-state index in [9.17, 15) is 32.1 Å². The number of hydrogen-bond donors (Lipinski definition) is 2. The van der Waals surface area contributed by atoms with Gasteiger partial charge >= 0.3 is 248 Å². The van der Waals surface area contributed by atoms with E-state index in [4.69, 9.17) is 0 Å². The van der Waals surface area contributed by atoms with Crippen LogP contribution in [0.1, 0.15) is 97.5 Å². The number of halogens is 6. The summed E-state index contributed by atoms with van der Waals surface area (Å²) in [7, 11) is -10.7. The van der Waals surface area contributed by atoms with Crippen LogP contribution < -0.4 is 0 Å². The molecule has 1 aromatic rings. The standard InChI is InChI=1S/C29H44O2SeTe.F6P/c1-26(2,3)22-16-20(17-23(32-22)27(4,5)6)14-13-15-21-18-24(28(7,8)9)33(30,31)25(19-21)29(10,11)12;1-7(2,3,4,5)6/h13-19H,1-12H3,(H-,30,31);/q;-1/p+1/b14-13+;. The second-order valence-corrected chi connectivity index (χ2v) is 24.0. The van der Waals surface area contributed by atoms with Crippen molar-refractivity contribution in [1.29, 1.82) is 0 Å². The predicted octanol–water partition coefficient (Wildman–Crippen LogP) is 10.4. The van der Waals surface area contributed by atoms with Crippen molar-refractivity contribution < 1.29 is 32.1 Å². The third-order valence-electron chi connectivity index (χ3n) is 5.56.